The highest BCUT2D eigenvalue weighted by Gasteiger charge is 2.19. The van der Waals surface area contributed by atoms with E-state index >= 15 is 0 Å². The van der Waals surface area contributed by atoms with Crippen LogP contribution in [0.25, 0.3) is 0 Å². The van der Waals surface area contributed by atoms with Gasteiger partial charge in [0.1, 0.15) is 0 Å². The van der Waals surface area contributed by atoms with E-state index in [0.717, 1.165) is 0 Å². The lowest BCUT2D eigenvalue weighted by molar-refractivity contribution is -0.136. The van der Waals surface area contributed by atoms with Crippen LogP contribution in [0.4, 0.5) is 0 Å². The minimum atomic E-state index is -2.99. The molecule has 0 aliphatic carbocycles. The molecule has 0 aromatic heterocycles. The Labute approximate surface area is 92.9 Å². The predicted molar refractivity (Wildman–Crippen MR) is 60.6 cm³/mol. The molecule has 15 heavy (non-hydrogen) atoms. The lowest BCUT2D eigenvalue weighted by Crippen LogP contribution is -2.25. The van der Waals surface area contributed by atoms with Gasteiger partial charge in [-0.25, -0.2) is 8.42 Å². The topological polar surface area (TPSA) is 52.6 Å². The molecular weight excluding hydrogens is 216 g/mol. The normalized spacial score (nSPS) is 12.7. The third-order valence-electron chi connectivity index (χ3n) is 2.06. The molecule has 92 valence electrons. The third kappa shape index (κ3) is 6.12. The quantitative estimate of drug-likeness (QED) is 0.603. The summed E-state index contributed by atoms with van der Waals surface area (Å²) in [6.45, 7) is 8.17. The van der Waals surface area contributed by atoms with Gasteiger partial charge in [-0.2, -0.15) is 0 Å². The summed E-state index contributed by atoms with van der Waals surface area (Å²) in [6.07, 6.45) is 0.0101. The molecule has 0 bridgehead atoms. The molecule has 0 atom stereocenters. The van der Waals surface area contributed by atoms with E-state index in [2.05, 4.69) is 0 Å². The Morgan fingerprint density at radius 2 is 1.53 bits per heavy atom. The summed E-state index contributed by atoms with van der Waals surface area (Å²) in [5.41, 5.74) is 0. The molecule has 0 radical (unpaired) electrons. The molecule has 0 aromatic carbocycles. The molecular formula is C10H22O4S. The number of hydrogen-bond acceptors (Lipinski definition) is 4. The SMILES string of the molecule is CCOC(CCS(=O)(=O)C(C)C)OCC. The Bertz CT molecular complexity index is 240. The van der Waals surface area contributed by atoms with E-state index in [9.17, 15) is 8.42 Å². The van der Waals surface area contributed by atoms with Gasteiger partial charge in [0.25, 0.3) is 0 Å². The summed E-state index contributed by atoms with van der Waals surface area (Å²) in [4.78, 5) is 0. The molecule has 0 saturated carbocycles. The highest BCUT2D eigenvalue weighted by atomic mass is 32.2. The molecule has 0 saturated heterocycles. The fourth-order valence-electron chi connectivity index (χ4n) is 1.08. The van der Waals surface area contributed by atoms with E-state index in [0.29, 0.717) is 19.6 Å². The van der Waals surface area contributed by atoms with Crippen molar-refractivity contribution in [2.24, 2.45) is 0 Å². The number of rotatable bonds is 8. The lowest BCUT2D eigenvalue weighted by atomic mass is 10.4. The monoisotopic (exact) mass is 238 g/mol. The molecule has 0 spiro atoms. The average Bonchev–Trinajstić information content (AvgIpc) is 2.15. The van der Waals surface area contributed by atoms with Gasteiger partial charge in [-0.3, -0.25) is 0 Å². The maximum absolute atomic E-state index is 11.5. The summed E-state index contributed by atoms with van der Waals surface area (Å²) in [6, 6.07) is 0. The Kier molecular flexibility index (Phi) is 7.13. The molecule has 0 unspecified atom stereocenters. The van der Waals surface area contributed by atoms with Crippen LogP contribution >= 0.6 is 0 Å². The van der Waals surface area contributed by atoms with Gasteiger partial charge < -0.3 is 9.47 Å². The summed E-state index contributed by atoms with van der Waals surface area (Å²) in [7, 11) is -2.99. The van der Waals surface area contributed by atoms with Gasteiger partial charge in [-0.1, -0.05) is 0 Å². The van der Waals surface area contributed by atoms with E-state index in [1.54, 1.807) is 13.8 Å². The lowest BCUT2D eigenvalue weighted by Gasteiger charge is -2.17. The Hall–Kier alpha value is -0.130. The second kappa shape index (κ2) is 7.19. The third-order valence-corrected chi connectivity index (χ3v) is 4.30. The van der Waals surface area contributed by atoms with E-state index in [1.165, 1.54) is 0 Å². The zero-order chi connectivity index (χ0) is 11.9. The minimum absolute atomic E-state index is 0.120. The van der Waals surface area contributed by atoms with Crippen molar-refractivity contribution >= 4 is 9.84 Å². The standard InChI is InChI=1S/C10H22O4S/c1-5-13-10(14-6-2)7-8-15(11,12)9(3)4/h9-10H,5-8H2,1-4H3. The van der Waals surface area contributed by atoms with Crippen molar-refractivity contribution in [3.05, 3.63) is 0 Å². The number of hydrogen-bond donors (Lipinski definition) is 0. The number of ether oxygens (including phenoxy) is 2. The molecule has 0 aliphatic rings. The first-order chi connectivity index (χ1) is 6.94. The van der Waals surface area contributed by atoms with E-state index in [1.807, 2.05) is 13.8 Å². The summed E-state index contributed by atoms with van der Waals surface area (Å²) in [5.74, 6) is 0.120. The maximum atomic E-state index is 11.5. The second-order valence-electron chi connectivity index (χ2n) is 3.54. The van der Waals surface area contributed by atoms with Crippen LogP contribution in [-0.4, -0.2) is 38.9 Å². The molecule has 0 aliphatic heterocycles. The fraction of sp³-hybridized carbons (Fsp3) is 1.00. The van der Waals surface area contributed by atoms with Gasteiger partial charge in [-0.15, -0.1) is 0 Å². The van der Waals surface area contributed by atoms with Crippen LogP contribution in [0.3, 0.4) is 0 Å². The molecule has 4 nitrogen and oxygen atoms in total. The molecule has 0 N–H and O–H groups in total. The van der Waals surface area contributed by atoms with Gasteiger partial charge in [0.2, 0.25) is 0 Å². The fourth-order valence-corrected chi connectivity index (χ4v) is 2.08. The first-order valence-electron chi connectivity index (χ1n) is 5.38. The highest BCUT2D eigenvalue weighted by molar-refractivity contribution is 7.91. The Morgan fingerprint density at radius 1 is 1.07 bits per heavy atom. The van der Waals surface area contributed by atoms with Crippen LogP contribution in [0, 0.1) is 0 Å². The van der Waals surface area contributed by atoms with Crippen molar-refractivity contribution in [2.45, 2.75) is 45.7 Å². The number of sulfone groups is 1. The van der Waals surface area contributed by atoms with Crippen molar-refractivity contribution in [1.29, 1.82) is 0 Å². The van der Waals surface area contributed by atoms with E-state index in [4.69, 9.17) is 9.47 Å². The molecule has 0 amide bonds. The van der Waals surface area contributed by atoms with E-state index in [-0.39, 0.29) is 11.0 Å². The summed E-state index contributed by atoms with van der Waals surface area (Å²) in [5, 5.41) is -0.332. The molecule has 0 heterocycles. The van der Waals surface area contributed by atoms with Crippen LogP contribution in [0.15, 0.2) is 0 Å². The molecule has 0 rings (SSSR count). The smallest absolute Gasteiger partial charge is 0.158 e. The van der Waals surface area contributed by atoms with Crippen molar-refractivity contribution in [3.63, 3.8) is 0 Å². The van der Waals surface area contributed by atoms with Crippen LogP contribution in [0.5, 0.6) is 0 Å². The van der Waals surface area contributed by atoms with Gasteiger partial charge in [0, 0.05) is 19.6 Å². The van der Waals surface area contributed by atoms with Crippen LogP contribution in [0.2, 0.25) is 0 Å². The molecule has 0 aromatic rings. The van der Waals surface area contributed by atoms with E-state index < -0.39 is 16.1 Å². The maximum Gasteiger partial charge on any atom is 0.158 e. The molecule has 5 heteroatoms. The molecule has 0 fully saturated rings. The first-order valence-corrected chi connectivity index (χ1v) is 7.10. The van der Waals surface area contributed by atoms with Crippen molar-refractivity contribution in [1.82, 2.24) is 0 Å². The Morgan fingerprint density at radius 3 is 1.87 bits per heavy atom. The van der Waals surface area contributed by atoms with Crippen molar-refractivity contribution in [2.75, 3.05) is 19.0 Å². The second-order valence-corrected chi connectivity index (χ2v) is 6.22. The predicted octanol–water partition coefficient (Wildman–Crippen LogP) is 1.60. The van der Waals surface area contributed by atoms with Crippen molar-refractivity contribution in [3.8, 4) is 0 Å². The van der Waals surface area contributed by atoms with Crippen LogP contribution in [0.1, 0.15) is 34.1 Å². The average molecular weight is 238 g/mol. The highest BCUT2D eigenvalue weighted by Crippen LogP contribution is 2.08. The van der Waals surface area contributed by atoms with Gasteiger partial charge in [-0.05, 0) is 27.7 Å². The minimum Gasteiger partial charge on any atom is -0.353 e. The van der Waals surface area contributed by atoms with Gasteiger partial charge in [0.05, 0.1) is 11.0 Å². The summed E-state index contributed by atoms with van der Waals surface area (Å²) >= 11 is 0. The van der Waals surface area contributed by atoms with Gasteiger partial charge in [0.15, 0.2) is 16.1 Å². The van der Waals surface area contributed by atoms with Gasteiger partial charge >= 0.3 is 0 Å². The van der Waals surface area contributed by atoms with Crippen LogP contribution < -0.4 is 0 Å². The summed E-state index contributed by atoms with van der Waals surface area (Å²) < 4.78 is 33.6. The Balaban J connectivity index is 4.09. The van der Waals surface area contributed by atoms with Crippen molar-refractivity contribution < 1.29 is 17.9 Å². The zero-order valence-corrected chi connectivity index (χ0v) is 10.8. The van der Waals surface area contributed by atoms with Crippen LogP contribution in [-0.2, 0) is 19.3 Å². The first kappa shape index (κ1) is 14.9. The zero-order valence-electron chi connectivity index (χ0n) is 10.0. The largest absolute Gasteiger partial charge is 0.353 e.